The summed E-state index contributed by atoms with van der Waals surface area (Å²) in [6, 6.07) is 0. The summed E-state index contributed by atoms with van der Waals surface area (Å²) >= 11 is 0. The number of nitrogens with two attached hydrogens (primary N) is 1. The summed E-state index contributed by atoms with van der Waals surface area (Å²) in [5.41, 5.74) is 5.01. The van der Waals surface area contributed by atoms with Crippen molar-refractivity contribution < 1.29 is 9.59 Å². The van der Waals surface area contributed by atoms with Crippen LogP contribution in [0.4, 0.5) is 0 Å². The van der Waals surface area contributed by atoms with Crippen LogP contribution in [-0.4, -0.2) is 18.4 Å². The fraction of sp³-hybridized carbons (Fsp3) is 0.846. The Bertz CT molecular complexity index is 329. The summed E-state index contributed by atoms with van der Waals surface area (Å²) < 4.78 is 0. The van der Waals surface area contributed by atoms with Gasteiger partial charge in [0.15, 0.2) is 0 Å². The second-order valence-electron chi connectivity index (χ2n) is 6.28. The van der Waals surface area contributed by atoms with Gasteiger partial charge in [0.1, 0.15) is 0 Å². The van der Waals surface area contributed by atoms with Crippen LogP contribution < -0.4 is 11.1 Å². The van der Waals surface area contributed by atoms with Crippen molar-refractivity contribution in [2.45, 2.75) is 38.5 Å². The molecule has 0 aromatic rings. The van der Waals surface area contributed by atoms with Crippen molar-refractivity contribution in [2.24, 2.45) is 28.9 Å². The maximum Gasteiger partial charge on any atom is 0.240 e. The number of hydrogen-bond donors (Lipinski definition) is 2. The van der Waals surface area contributed by atoms with Gasteiger partial charge < -0.3 is 5.73 Å². The average molecular weight is 236 g/mol. The zero-order valence-electron chi connectivity index (χ0n) is 10.1. The van der Waals surface area contributed by atoms with E-state index in [9.17, 15) is 9.59 Å². The molecule has 2 amide bonds. The van der Waals surface area contributed by atoms with E-state index in [0.717, 1.165) is 37.0 Å². The van der Waals surface area contributed by atoms with Gasteiger partial charge in [0.2, 0.25) is 11.8 Å². The monoisotopic (exact) mass is 236 g/mol. The first-order valence-corrected chi connectivity index (χ1v) is 6.65. The molecule has 0 aliphatic heterocycles. The predicted molar refractivity (Wildman–Crippen MR) is 62.8 cm³/mol. The largest absolute Gasteiger partial charge is 0.322 e. The third-order valence-electron chi connectivity index (χ3n) is 4.96. The van der Waals surface area contributed by atoms with Gasteiger partial charge in [0.25, 0.3) is 0 Å². The predicted octanol–water partition coefficient (Wildman–Crippen LogP) is 0.804. The summed E-state index contributed by atoms with van der Waals surface area (Å²) in [4.78, 5) is 23.5. The first-order valence-electron chi connectivity index (χ1n) is 6.65. The Morgan fingerprint density at radius 3 is 1.94 bits per heavy atom. The number of carbonyl (C=O) groups is 2. The van der Waals surface area contributed by atoms with E-state index in [0.29, 0.717) is 0 Å². The van der Waals surface area contributed by atoms with Crippen LogP contribution in [0, 0.1) is 23.2 Å². The van der Waals surface area contributed by atoms with Crippen molar-refractivity contribution in [3.05, 3.63) is 0 Å². The molecule has 17 heavy (non-hydrogen) atoms. The molecular weight excluding hydrogens is 216 g/mol. The van der Waals surface area contributed by atoms with Gasteiger partial charge in [-0.25, -0.2) is 0 Å². The van der Waals surface area contributed by atoms with Crippen LogP contribution in [-0.2, 0) is 9.59 Å². The minimum atomic E-state index is -0.342. The van der Waals surface area contributed by atoms with Gasteiger partial charge in [0, 0.05) is 0 Å². The zero-order valence-corrected chi connectivity index (χ0v) is 10.1. The molecule has 0 atom stereocenters. The molecule has 4 rings (SSSR count). The summed E-state index contributed by atoms with van der Waals surface area (Å²) in [5, 5.41) is 2.48. The molecule has 0 aromatic heterocycles. The fourth-order valence-electron chi connectivity index (χ4n) is 4.70. The summed E-state index contributed by atoms with van der Waals surface area (Å²) in [6.45, 7) is -0.0991. The Morgan fingerprint density at radius 1 is 1.06 bits per heavy atom. The normalized spacial score (nSPS) is 42.5. The zero-order chi connectivity index (χ0) is 12.0. The van der Waals surface area contributed by atoms with Crippen molar-refractivity contribution in [3.8, 4) is 0 Å². The van der Waals surface area contributed by atoms with Crippen LogP contribution in [0.3, 0.4) is 0 Å². The van der Waals surface area contributed by atoms with Crippen molar-refractivity contribution in [1.29, 1.82) is 0 Å². The molecule has 4 fully saturated rings. The highest BCUT2D eigenvalue weighted by molar-refractivity contribution is 5.98. The lowest BCUT2D eigenvalue weighted by molar-refractivity contribution is -0.149. The Kier molecular flexibility index (Phi) is 2.51. The minimum Gasteiger partial charge on any atom is -0.322 e. The highest BCUT2D eigenvalue weighted by Gasteiger charge is 2.54. The van der Waals surface area contributed by atoms with Crippen molar-refractivity contribution in [2.75, 3.05) is 6.54 Å². The average Bonchev–Trinajstić information content (AvgIpc) is 2.26. The summed E-state index contributed by atoms with van der Waals surface area (Å²) in [7, 11) is 0. The standard InChI is InChI=1S/C13H20N2O2/c14-7-11(16)15-12(17)13-4-8-1-9(5-13)3-10(2-8)6-13/h8-10H,1-7,14H2,(H,15,16,17). The number of nitrogens with one attached hydrogen (secondary N) is 1. The van der Waals surface area contributed by atoms with E-state index in [1.807, 2.05) is 0 Å². The van der Waals surface area contributed by atoms with Crippen LogP contribution in [0.1, 0.15) is 38.5 Å². The highest BCUT2D eigenvalue weighted by Crippen LogP contribution is 2.60. The summed E-state index contributed by atoms with van der Waals surface area (Å²) in [5.74, 6) is 1.78. The Morgan fingerprint density at radius 2 is 1.53 bits per heavy atom. The molecule has 4 saturated carbocycles. The Labute approximate surface area is 101 Å². The molecule has 0 radical (unpaired) electrons. The number of imide groups is 1. The second kappa shape index (κ2) is 3.80. The lowest BCUT2D eigenvalue weighted by Gasteiger charge is -2.55. The maximum absolute atomic E-state index is 12.3. The van der Waals surface area contributed by atoms with E-state index >= 15 is 0 Å². The molecule has 0 aromatic carbocycles. The molecule has 3 N–H and O–H groups in total. The van der Waals surface area contributed by atoms with E-state index in [4.69, 9.17) is 5.73 Å². The maximum atomic E-state index is 12.3. The van der Waals surface area contributed by atoms with Gasteiger partial charge in [0.05, 0.1) is 12.0 Å². The van der Waals surface area contributed by atoms with E-state index < -0.39 is 0 Å². The molecule has 0 unspecified atom stereocenters. The van der Waals surface area contributed by atoms with Crippen LogP contribution in [0.2, 0.25) is 0 Å². The van der Waals surface area contributed by atoms with Crippen molar-refractivity contribution >= 4 is 11.8 Å². The van der Waals surface area contributed by atoms with Crippen molar-refractivity contribution in [3.63, 3.8) is 0 Å². The fourth-order valence-corrected chi connectivity index (χ4v) is 4.70. The minimum absolute atomic E-state index is 0.0490. The van der Waals surface area contributed by atoms with E-state index in [-0.39, 0.29) is 23.8 Å². The molecule has 4 bridgehead atoms. The van der Waals surface area contributed by atoms with Crippen LogP contribution in [0.15, 0.2) is 0 Å². The second-order valence-corrected chi connectivity index (χ2v) is 6.28. The Hall–Kier alpha value is -0.900. The molecule has 94 valence electrons. The van der Waals surface area contributed by atoms with Gasteiger partial charge in [-0.1, -0.05) is 0 Å². The van der Waals surface area contributed by atoms with Crippen LogP contribution in [0.5, 0.6) is 0 Å². The van der Waals surface area contributed by atoms with Gasteiger partial charge in [-0.2, -0.15) is 0 Å². The smallest absolute Gasteiger partial charge is 0.240 e. The quantitative estimate of drug-likeness (QED) is 0.745. The van der Waals surface area contributed by atoms with Crippen molar-refractivity contribution in [1.82, 2.24) is 5.32 Å². The topological polar surface area (TPSA) is 72.2 Å². The van der Waals surface area contributed by atoms with E-state index in [1.165, 1.54) is 19.3 Å². The highest BCUT2D eigenvalue weighted by atomic mass is 16.2. The van der Waals surface area contributed by atoms with Gasteiger partial charge >= 0.3 is 0 Å². The third kappa shape index (κ3) is 1.79. The molecular formula is C13H20N2O2. The molecule has 0 saturated heterocycles. The Balaban J connectivity index is 1.77. The lowest BCUT2D eigenvalue weighted by atomic mass is 9.49. The summed E-state index contributed by atoms with van der Waals surface area (Å²) in [6.07, 6.45) is 6.88. The number of hydrogen-bond acceptors (Lipinski definition) is 3. The molecule has 0 heterocycles. The van der Waals surface area contributed by atoms with Gasteiger partial charge in [-0.3, -0.25) is 14.9 Å². The number of amides is 2. The third-order valence-corrected chi connectivity index (χ3v) is 4.96. The molecule has 4 nitrogen and oxygen atoms in total. The molecule has 0 spiro atoms. The van der Waals surface area contributed by atoms with Gasteiger partial charge in [-0.15, -0.1) is 0 Å². The lowest BCUT2D eigenvalue weighted by Crippen LogP contribution is -2.55. The SMILES string of the molecule is NCC(=O)NC(=O)C12CC3CC(CC(C3)C1)C2. The molecule has 4 aliphatic rings. The van der Waals surface area contributed by atoms with Gasteiger partial charge in [-0.05, 0) is 56.3 Å². The first-order chi connectivity index (χ1) is 8.11. The molecule has 4 heteroatoms. The van der Waals surface area contributed by atoms with E-state index in [2.05, 4.69) is 5.32 Å². The first kappa shape index (κ1) is 11.2. The molecule has 4 aliphatic carbocycles. The van der Waals surface area contributed by atoms with E-state index in [1.54, 1.807) is 0 Å². The van der Waals surface area contributed by atoms with Crippen LogP contribution in [0.25, 0.3) is 0 Å². The number of rotatable bonds is 2. The van der Waals surface area contributed by atoms with Crippen LogP contribution >= 0.6 is 0 Å². The number of carbonyl (C=O) groups excluding carboxylic acids is 2.